The summed E-state index contributed by atoms with van der Waals surface area (Å²) in [6, 6.07) is 6.44. The number of likely N-dealkylation sites (tertiary alicyclic amines) is 1. The summed E-state index contributed by atoms with van der Waals surface area (Å²) in [5.41, 5.74) is 0.863. The molecule has 0 aromatic heterocycles. The summed E-state index contributed by atoms with van der Waals surface area (Å²) >= 11 is 2.16. The first-order chi connectivity index (χ1) is 15.5. The number of hydrogen-bond acceptors (Lipinski definition) is 7. The van der Waals surface area contributed by atoms with Crippen molar-refractivity contribution in [1.29, 1.82) is 0 Å². The number of esters is 1. The van der Waals surface area contributed by atoms with Crippen LogP contribution in [0.1, 0.15) is 29.6 Å². The molecule has 2 N–H and O–H groups in total. The number of nitrogens with zero attached hydrogens (tertiary/aromatic N) is 1. The van der Waals surface area contributed by atoms with E-state index in [0.29, 0.717) is 30.5 Å². The molecular formula is C22H25IN2O7. The van der Waals surface area contributed by atoms with Gasteiger partial charge in [0.2, 0.25) is 11.8 Å². The van der Waals surface area contributed by atoms with E-state index in [2.05, 4.69) is 27.9 Å². The number of carbonyl (C=O) groups excluding carboxylic acids is 3. The molecule has 1 aliphatic carbocycles. The minimum atomic E-state index is -0.678. The monoisotopic (exact) mass is 556 g/mol. The van der Waals surface area contributed by atoms with E-state index in [1.807, 2.05) is 12.1 Å². The fourth-order valence-electron chi connectivity index (χ4n) is 4.27. The first-order valence-corrected chi connectivity index (χ1v) is 11.7. The third kappa shape index (κ3) is 4.98. The lowest BCUT2D eigenvalue weighted by molar-refractivity contribution is -0.136. The highest BCUT2D eigenvalue weighted by Crippen LogP contribution is 2.32. The Bertz CT molecular complexity index is 904. The molecule has 0 saturated carbocycles. The van der Waals surface area contributed by atoms with Gasteiger partial charge in [-0.25, -0.2) is 4.79 Å². The van der Waals surface area contributed by atoms with Crippen LogP contribution in [0.15, 0.2) is 35.9 Å². The first kappa shape index (κ1) is 23.1. The summed E-state index contributed by atoms with van der Waals surface area (Å²) < 4.78 is 18.0. The molecule has 0 bridgehead atoms. The predicted octanol–water partition coefficient (Wildman–Crippen LogP) is 0.988. The topological polar surface area (TPSA) is 114 Å². The Hall–Kier alpha value is -2.02. The number of carbonyl (C=O) groups is 3. The molecule has 1 aromatic carbocycles. The fraction of sp³-hybridized carbons (Fsp3) is 0.500. The van der Waals surface area contributed by atoms with Crippen molar-refractivity contribution < 1.29 is 33.7 Å². The fourth-order valence-corrected chi connectivity index (χ4v) is 4.63. The molecule has 172 valence electrons. The Kier molecular flexibility index (Phi) is 7.44. The van der Waals surface area contributed by atoms with Crippen LogP contribution in [0.5, 0.6) is 0 Å². The van der Waals surface area contributed by atoms with E-state index in [9.17, 15) is 14.4 Å². The molecule has 9 nitrogen and oxygen atoms in total. The zero-order chi connectivity index (χ0) is 22.7. The summed E-state index contributed by atoms with van der Waals surface area (Å²) in [5.74, 6) is -1.03. The molecule has 4 atom stereocenters. The average Bonchev–Trinajstić information content (AvgIpc) is 3.47. The van der Waals surface area contributed by atoms with Gasteiger partial charge in [-0.15, -0.1) is 0 Å². The van der Waals surface area contributed by atoms with Crippen molar-refractivity contribution in [2.24, 2.45) is 0 Å². The Morgan fingerprint density at radius 1 is 1.22 bits per heavy atom. The highest BCUT2D eigenvalue weighted by Gasteiger charge is 2.44. The molecule has 32 heavy (non-hydrogen) atoms. The van der Waals surface area contributed by atoms with Gasteiger partial charge in [0.25, 0.3) is 0 Å². The predicted molar refractivity (Wildman–Crippen MR) is 121 cm³/mol. The molecule has 2 amide bonds. The van der Waals surface area contributed by atoms with Crippen molar-refractivity contribution >= 4 is 40.4 Å². The van der Waals surface area contributed by atoms with E-state index in [1.165, 1.54) is 0 Å². The van der Waals surface area contributed by atoms with Crippen molar-refractivity contribution in [2.45, 2.75) is 43.6 Å². The second-order valence-corrected chi connectivity index (χ2v) is 9.14. The first-order valence-electron chi connectivity index (χ1n) is 10.6. The molecule has 2 aliphatic heterocycles. The van der Waals surface area contributed by atoms with Crippen LogP contribution in [0.25, 0.3) is 0 Å². The van der Waals surface area contributed by atoms with E-state index in [4.69, 9.17) is 19.3 Å². The summed E-state index contributed by atoms with van der Waals surface area (Å²) in [6.07, 6.45) is 1.52. The van der Waals surface area contributed by atoms with Gasteiger partial charge in [-0.05, 0) is 65.8 Å². The number of ether oxygens (including phenoxy) is 3. The lowest BCUT2D eigenvalue weighted by Crippen LogP contribution is -2.49. The number of aliphatic hydroxyl groups excluding tert-OH is 1. The maximum atomic E-state index is 13.3. The standard InChI is InChI=1S/C22H25IN2O7/c23-15-5-3-13(4-6-15)22(29)32-18-11-14(10-17-19(18)31-12-30-17)21(28)25-8-1-2-16(25)20(27)24-7-9-26/h3-6,10,16-19,26H,1-2,7-9,11-12H2,(H,24,27)/t16-,17-,18-,19-/m1/s1. The third-order valence-electron chi connectivity index (χ3n) is 5.84. The van der Waals surface area contributed by atoms with E-state index < -0.39 is 30.3 Å². The van der Waals surface area contributed by atoms with E-state index in [1.54, 1.807) is 23.1 Å². The Labute approximate surface area is 199 Å². The SMILES string of the molecule is O=C(O[C@@H]1CC(C(=O)N2CCC[C@@H]2C(=O)NCCO)=C[C@H]2OCO[C@H]21)c1ccc(I)cc1. The number of amides is 2. The third-order valence-corrected chi connectivity index (χ3v) is 6.56. The average molecular weight is 556 g/mol. The number of aliphatic hydroxyl groups is 1. The number of hydrogen-bond donors (Lipinski definition) is 2. The second-order valence-electron chi connectivity index (χ2n) is 7.90. The van der Waals surface area contributed by atoms with E-state index >= 15 is 0 Å². The smallest absolute Gasteiger partial charge is 0.338 e. The molecule has 10 heteroatoms. The summed E-state index contributed by atoms with van der Waals surface area (Å²) in [7, 11) is 0. The molecule has 4 rings (SSSR count). The van der Waals surface area contributed by atoms with Crippen LogP contribution in [-0.4, -0.2) is 78.6 Å². The molecule has 0 unspecified atom stereocenters. The van der Waals surface area contributed by atoms with Gasteiger partial charge in [0, 0.05) is 28.7 Å². The number of fused-ring (bicyclic) bond motifs is 1. The van der Waals surface area contributed by atoms with Gasteiger partial charge < -0.3 is 29.5 Å². The summed E-state index contributed by atoms with van der Waals surface area (Å²) in [5, 5.41) is 11.6. The van der Waals surface area contributed by atoms with Gasteiger partial charge >= 0.3 is 5.97 Å². The molecule has 2 fully saturated rings. The zero-order valence-corrected chi connectivity index (χ0v) is 19.5. The minimum absolute atomic E-state index is 0.0563. The van der Waals surface area contributed by atoms with Crippen LogP contribution in [0.4, 0.5) is 0 Å². The Balaban J connectivity index is 1.48. The molecule has 2 heterocycles. The van der Waals surface area contributed by atoms with Gasteiger partial charge in [0.05, 0.1) is 12.2 Å². The lowest BCUT2D eigenvalue weighted by Gasteiger charge is -2.32. The van der Waals surface area contributed by atoms with Crippen molar-refractivity contribution in [3.05, 3.63) is 45.0 Å². The summed E-state index contributed by atoms with van der Waals surface area (Å²) in [6.45, 7) is 0.504. The van der Waals surface area contributed by atoms with E-state index in [-0.39, 0.29) is 38.2 Å². The van der Waals surface area contributed by atoms with Crippen LogP contribution in [0, 0.1) is 3.57 Å². The Morgan fingerprint density at radius 2 is 2.00 bits per heavy atom. The minimum Gasteiger partial charge on any atom is -0.456 e. The second kappa shape index (κ2) is 10.3. The molecule has 2 saturated heterocycles. The van der Waals surface area contributed by atoms with Crippen molar-refractivity contribution in [2.75, 3.05) is 26.5 Å². The maximum Gasteiger partial charge on any atom is 0.338 e. The maximum absolute atomic E-state index is 13.3. The summed E-state index contributed by atoms with van der Waals surface area (Å²) in [4.78, 5) is 40.0. The van der Waals surface area contributed by atoms with Crippen molar-refractivity contribution in [1.82, 2.24) is 10.2 Å². The van der Waals surface area contributed by atoms with Crippen LogP contribution >= 0.6 is 22.6 Å². The van der Waals surface area contributed by atoms with Gasteiger partial charge in [-0.3, -0.25) is 9.59 Å². The highest BCUT2D eigenvalue weighted by atomic mass is 127. The van der Waals surface area contributed by atoms with Crippen molar-refractivity contribution in [3.63, 3.8) is 0 Å². The molecule has 1 aromatic rings. The molecule has 3 aliphatic rings. The van der Waals surface area contributed by atoms with Crippen LogP contribution in [0.3, 0.4) is 0 Å². The normalized spacial score (nSPS) is 26.9. The highest BCUT2D eigenvalue weighted by molar-refractivity contribution is 14.1. The van der Waals surface area contributed by atoms with Gasteiger partial charge in [-0.1, -0.05) is 0 Å². The quantitative estimate of drug-likeness (QED) is 0.397. The van der Waals surface area contributed by atoms with E-state index in [0.717, 1.165) is 3.57 Å². The largest absolute Gasteiger partial charge is 0.456 e. The van der Waals surface area contributed by atoms with Gasteiger partial charge in [-0.2, -0.15) is 0 Å². The zero-order valence-electron chi connectivity index (χ0n) is 17.4. The number of nitrogens with one attached hydrogen (secondary N) is 1. The van der Waals surface area contributed by atoms with Crippen molar-refractivity contribution in [3.8, 4) is 0 Å². The molecular weight excluding hydrogens is 531 g/mol. The van der Waals surface area contributed by atoms with Crippen LogP contribution in [0.2, 0.25) is 0 Å². The van der Waals surface area contributed by atoms with Gasteiger partial charge in [0.1, 0.15) is 31.1 Å². The number of halogens is 1. The van der Waals surface area contributed by atoms with Crippen LogP contribution in [-0.2, 0) is 23.8 Å². The Morgan fingerprint density at radius 3 is 2.75 bits per heavy atom. The van der Waals surface area contributed by atoms with Gasteiger partial charge in [0.15, 0.2) is 0 Å². The number of benzene rings is 1. The molecule has 0 spiro atoms. The molecule has 0 radical (unpaired) electrons. The van der Waals surface area contributed by atoms with Crippen LogP contribution < -0.4 is 5.32 Å². The lowest BCUT2D eigenvalue weighted by atomic mass is 9.91. The number of rotatable bonds is 6.